The Bertz CT molecular complexity index is 372. The number of nitrogens with zero attached hydrogens (tertiary/aromatic N) is 1. The van der Waals surface area contributed by atoms with Gasteiger partial charge in [0.25, 0.3) is 0 Å². The van der Waals surface area contributed by atoms with Gasteiger partial charge in [0, 0.05) is 6.04 Å². The van der Waals surface area contributed by atoms with E-state index in [0.717, 1.165) is 18.4 Å². The molecule has 1 aromatic carbocycles. The van der Waals surface area contributed by atoms with E-state index in [1.807, 2.05) is 12.1 Å². The first-order valence-electron chi connectivity index (χ1n) is 5.69. The van der Waals surface area contributed by atoms with Crippen LogP contribution in [0.2, 0.25) is 0 Å². The first-order valence-corrected chi connectivity index (χ1v) is 6.07. The highest BCUT2D eigenvalue weighted by Crippen LogP contribution is 2.32. The van der Waals surface area contributed by atoms with Gasteiger partial charge in [-0.2, -0.15) is 5.26 Å². The lowest BCUT2D eigenvalue weighted by Crippen LogP contribution is -2.26. The van der Waals surface area contributed by atoms with Gasteiger partial charge in [0.15, 0.2) is 0 Å². The van der Waals surface area contributed by atoms with Crippen LogP contribution in [0.25, 0.3) is 0 Å². The zero-order valence-corrected chi connectivity index (χ0v) is 9.87. The molecule has 1 aliphatic rings. The number of hydrogen-bond acceptors (Lipinski definition) is 2. The van der Waals surface area contributed by atoms with Gasteiger partial charge in [0.05, 0.1) is 11.6 Å². The van der Waals surface area contributed by atoms with E-state index in [9.17, 15) is 0 Å². The lowest BCUT2D eigenvalue weighted by atomic mass is 9.82. The fourth-order valence-corrected chi connectivity index (χ4v) is 2.58. The third-order valence-electron chi connectivity index (χ3n) is 3.39. The Labute approximate surface area is 101 Å². The summed E-state index contributed by atoms with van der Waals surface area (Å²) in [4.78, 5) is 2.82. The summed E-state index contributed by atoms with van der Waals surface area (Å²) in [5, 5.41) is 8.73. The van der Waals surface area contributed by atoms with Gasteiger partial charge in [-0.3, -0.25) is 0 Å². The molecular weight excluding hydrogens is 220 g/mol. The van der Waals surface area contributed by atoms with Crippen LogP contribution >= 0.6 is 11.8 Å². The van der Waals surface area contributed by atoms with E-state index in [1.54, 1.807) is 0 Å². The lowest BCUT2D eigenvalue weighted by Gasteiger charge is -2.27. The van der Waals surface area contributed by atoms with Crippen molar-refractivity contribution in [3.8, 4) is 6.07 Å². The summed E-state index contributed by atoms with van der Waals surface area (Å²) < 4.78 is 0. The Balaban J connectivity index is 2.00. The van der Waals surface area contributed by atoms with Crippen molar-refractivity contribution in [3.05, 3.63) is 35.4 Å². The molecule has 1 aliphatic carbocycles. The smallest absolute Gasteiger partial charge is 0.0991 e. The maximum Gasteiger partial charge on any atom is 0.0991 e. The third kappa shape index (κ3) is 2.55. The van der Waals surface area contributed by atoms with Gasteiger partial charge in [-0.25, -0.2) is 4.84 Å². The van der Waals surface area contributed by atoms with E-state index < -0.39 is 0 Å². The lowest BCUT2D eigenvalue weighted by molar-refractivity contribution is 0.379. The second-order valence-corrected chi connectivity index (χ2v) is 4.61. The van der Waals surface area contributed by atoms with E-state index in [0.29, 0.717) is 12.0 Å². The van der Waals surface area contributed by atoms with Crippen LogP contribution in [0.4, 0.5) is 0 Å². The molecule has 84 valence electrons. The van der Waals surface area contributed by atoms with Crippen LogP contribution in [0, 0.1) is 11.3 Å². The molecule has 2 rings (SSSR count). The van der Waals surface area contributed by atoms with Gasteiger partial charge < -0.3 is 0 Å². The Kier molecular flexibility index (Phi) is 3.82. The van der Waals surface area contributed by atoms with Crippen LogP contribution in [-0.2, 0) is 0 Å². The fourth-order valence-electron chi connectivity index (χ4n) is 2.37. The molecular formula is C13H15ClN2. The van der Waals surface area contributed by atoms with Crippen molar-refractivity contribution in [3.63, 3.8) is 0 Å². The topological polar surface area (TPSA) is 35.8 Å². The summed E-state index contributed by atoms with van der Waals surface area (Å²) in [6.45, 7) is 0. The van der Waals surface area contributed by atoms with Crippen molar-refractivity contribution >= 4 is 11.8 Å². The van der Waals surface area contributed by atoms with Crippen LogP contribution in [0.1, 0.15) is 42.7 Å². The van der Waals surface area contributed by atoms with Crippen molar-refractivity contribution in [2.45, 2.75) is 37.6 Å². The van der Waals surface area contributed by atoms with Crippen LogP contribution in [0.3, 0.4) is 0 Å². The van der Waals surface area contributed by atoms with Crippen LogP contribution in [0.5, 0.6) is 0 Å². The molecule has 0 aliphatic heterocycles. The van der Waals surface area contributed by atoms with Crippen LogP contribution < -0.4 is 4.84 Å². The first kappa shape index (κ1) is 11.4. The van der Waals surface area contributed by atoms with Crippen LogP contribution in [-0.4, -0.2) is 6.04 Å². The molecule has 0 spiro atoms. The average Bonchev–Trinajstić information content (AvgIpc) is 2.39. The van der Waals surface area contributed by atoms with Gasteiger partial charge in [0.1, 0.15) is 0 Å². The molecule has 0 heterocycles. The molecule has 0 amide bonds. The highest BCUT2D eigenvalue weighted by molar-refractivity contribution is 6.13. The predicted octanol–water partition coefficient (Wildman–Crippen LogP) is 3.33. The average molecular weight is 235 g/mol. The Morgan fingerprint density at radius 3 is 2.25 bits per heavy atom. The third-order valence-corrected chi connectivity index (χ3v) is 3.70. The zero-order valence-electron chi connectivity index (χ0n) is 9.12. The van der Waals surface area contributed by atoms with Gasteiger partial charge in [-0.05, 0) is 61.1 Å². The fraction of sp³-hybridized carbons (Fsp3) is 0.462. The van der Waals surface area contributed by atoms with Crippen molar-refractivity contribution in [2.75, 3.05) is 0 Å². The molecule has 1 saturated carbocycles. The largest absolute Gasteiger partial charge is 0.230 e. The van der Waals surface area contributed by atoms with Crippen LogP contribution in [0.15, 0.2) is 24.3 Å². The Hall–Kier alpha value is -1.04. The second kappa shape index (κ2) is 5.34. The van der Waals surface area contributed by atoms with Gasteiger partial charge >= 0.3 is 0 Å². The number of nitriles is 1. The molecule has 0 bridgehead atoms. The summed E-state index contributed by atoms with van der Waals surface area (Å²) >= 11 is 5.63. The number of halogens is 1. The quantitative estimate of drug-likeness (QED) is 0.797. The molecule has 0 unspecified atom stereocenters. The molecule has 2 nitrogen and oxygen atoms in total. The van der Waals surface area contributed by atoms with Crippen molar-refractivity contribution < 1.29 is 0 Å². The van der Waals surface area contributed by atoms with E-state index >= 15 is 0 Å². The number of benzene rings is 1. The predicted molar refractivity (Wildman–Crippen MR) is 65.1 cm³/mol. The summed E-state index contributed by atoms with van der Waals surface area (Å²) in [6.07, 6.45) is 4.62. The number of nitrogens with one attached hydrogen (secondary N) is 1. The minimum atomic E-state index is 0.469. The van der Waals surface area contributed by atoms with E-state index in [-0.39, 0.29) is 0 Å². The Morgan fingerprint density at radius 2 is 1.75 bits per heavy atom. The first-order chi connectivity index (χ1) is 7.83. The molecule has 0 atom stereocenters. The Morgan fingerprint density at radius 1 is 1.12 bits per heavy atom. The molecule has 0 radical (unpaired) electrons. The standard InChI is InChI=1S/C13H15ClN2/c14-16-13-7-5-12(6-8-13)11-3-1-10(9-15)2-4-11/h1-4,12-13,16H,5-8H2. The second-order valence-electron chi connectivity index (χ2n) is 4.39. The minimum Gasteiger partial charge on any atom is -0.230 e. The SMILES string of the molecule is N#Cc1ccc(C2CCC(NCl)CC2)cc1. The van der Waals surface area contributed by atoms with E-state index in [4.69, 9.17) is 17.0 Å². The van der Waals surface area contributed by atoms with Crippen molar-refractivity contribution in [1.82, 2.24) is 4.84 Å². The summed E-state index contributed by atoms with van der Waals surface area (Å²) in [5.74, 6) is 0.633. The highest BCUT2D eigenvalue weighted by atomic mass is 35.5. The van der Waals surface area contributed by atoms with Gasteiger partial charge in [0.2, 0.25) is 0 Å². The van der Waals surface area contributed by atoms with Gasteiger partial charge in [-0.15, -0.1) is 0 Å². The minimum absolute atomic E-state index is 0.469. The summed E-state index contributed by atoms with van der Waals surface area (Å²) in [5.41, 5.74) is 2.09. The maximum absolute atomic E-state index is 8.73. The van der Waals surface area contributed by atoms with Gasteiger partial charge in [-0.1, -0.05) is 12.1 Å². The summed E-state index contributed by atoms with van der Waals surface area (Å²) in [7, 11) is 0. The maximum atomic E-state index is 8.73. The molecule has 1 N–H and O–H groups in total. The normalized spacial score (nSPS) is 25.0. The molecule has 0 saturated heterocycles. The molecule has 16 heavy (non-hydrogen) atoms. The van der Waals surface area contributed by atoms with Crippen molar-refractivity contribution in [2.24, 2.45) is 0 Å². The molecule has 1 aromatic rings. The van der Waals surface area contributed by atoms with Crippen molar-refractivity contribution in [1.29, 1.82) is 5.26 Å². The molecule has 0 aromatic heterocycles. The monoisotopic (exact) mass is 234 g/mol. The number of rotatable bonds is 2. The van der Waals surface area contributed by atoms with E-state index in [2.05, 4.69) is 23.0 Å². The molecule has 3 heteroatoms. The molecule has 1 fully saturated rings. The summed E-state index contributed by atoms with van der Waals surface area (Å²) in [6, 6.07) is 10.6. The van der Waals surface area contributed by atoms with E-state index in [1.165, 1.54) is 18.4 Å². The highest BCUT2D eigenvalue weighted by Gasteiger charge is 2.21. The zero-order chi connectivity index (χ0) is 11.4. The number of hydrogen-bond donors (Lipinski definition) is 1.